The molecule has 1 aromatic heterocycles. The number of morpholine rings is 1. The fourth-order valence-electron chi connectivity index (χ4n) is 5.05. The van der Waals surface area contributed by atoms with E-state index in [1.807, 2.05) is 0 Å². The normalized spacial score (nSPS) is 22.0. The first-order chi connectivity index (χ1) is 16.8. The Bertz CT molecular complexity index is 1360. The van der Waals surface area contributed by atoms with Gasteiger partial charge in [0.2, 0.25) is 5.88 Å². The zero-order valence-electron chi connectivity index (χ0n) is 18.2. The summed E-state index contributed by atoms with van der Waals surface area (Å²) in [6.07, 6.45) is -1.75. The first-order valence-corrected chi connectivity index (χ1v) is 11.0. The Labute approximate surface area is 196 Å². The number of alkyl halides is 2. The molecular weight excluding hydrogens is 470 g/mol. The van der Waals surface area contributed by atoms with Crippen LogP contribution >= 0.6 is 0 Å². The molecule has 2 atom stereocenters. The van der Waals surface area contributed by atoms with Crippen LogP contribution in [0.5, 0.6) is 17.4 Å². The first-order valence-electron chi connectivity index (χ1n) is 11.0. The van der Waals surface area contributed by atoms with Crippen LogP contribution in [0, 0.1) is 11.6 Å². The molecule has 7 nitrogen and oxygen atoms in total. The summed E-state index contributed by atoms with van der Waals surface area (Å²) >= 11 is 0. The molecule has 182 valence electrons. The Morgan fingerprint density at radius 2 is 1.97 bits per heavy atom. The fourth-order valence-corrected chi connectivity index (χ4v) is 5.05. The van der Waals surface area contributed by atoms with Gasteiger partial charge in [-0.3, -0.25) is 4.57 Å². The lowest BCUT2D eigenvalue weighted by atomic mass is 10.0. The van der Waals surface area contributed by atoms with E-state index in [-0.39, 0.29) is 41.0 Å². The Morgan fingerprint density at radius 1 is 1.17 bits per heavy atom. The Hall–Kier alpha value is -3.60. The average molecular weight is 489 g/mol. The molecule has 0 unspecified atom stereocenters. The predicted molar refractivity (Wildman–Crippen MR) is 115 cm³/mol. The molecule has 2 saturated heterocycles. The zero-order chi connectivity index (χ0) is 24.3. The highest BCUT2D eigenvalue weighted by atomic mass is 19.3. The van der Waals surface area contributed by atoms with Crippen LogP contribution in [-0.2, 0) is 17.9 Å². The molecule has 0 radical (unpaired) electrons. The second-order valence-electron chi connectivity index (χ2n) is 8.95. The molecule has 2 aromatic carbocycles. The quantitative estimate of drug-likeness (QED) is 0.484. The third-order valence-corrected chi connectivity index (χ3v) is 6.62. The maximum Gasteiger partial charge on any atom is 0.352 e. The minimum Gasteiger partial charge on any atom is -0.473 e. The van der Waals surface area contributed by atoms with E-state index < -0.39 is 29.5 Å². The van der Waals surface area contributed by atoms with Gasteiger partial charge in [0.15, 0.2) is 17.4 Å². The van der Waals surface area contributed by atoms with Crippen LogP contribution in [0.1, 0.15) is 24.0 Å². The molecule has 35 heavy (non-hydrogen) atoms. The van der Waals surface area contributed by atoms with Gasteiger partial charge >= 0.3 is 5.69 Å². The summed E-state index contributed by atoms with van der Waals surface area (Å²) in [7, 11) is 0. The first kappa shape index (κ1) is 21.9. The molecule has 3 aromatic rings. The molecule has 6 rings (SSSR count). The third kappa shape index (κ3) is 3.70. The Balaban J connectivity index is 1.19. The van der Waals surface area contributed by atoms with Crippen molar-refractivity contribution in [1.29, 1.82) is 0 Å². The minimum absolute atomic E-state index is 0.0481. The Kier molecular flexibility index (Phi) is 4.99. The van der Waals surface area contributed by atoms with Crippen LogP contribution in [0.25, 0.3) is 0 Å². The number of aromatic nitrogens is 2. The van der Waals surface area contributed by atoms with Gasteiger partial charge in [-0.15, -0.1) is 0 Å². The maximum absolute atomic E-state index is 14.6. The van der Waals surface area contributed by atoms with Crippen molar-refractivity contribution in [2.45, 2.75) is 37.6 Å². The van der Waals surface area contributed by atoms with Crippen LogP contribution in [0.4, 0.5) is 23.4 Å². The lowest BCUT2D eigenvalue weighted by molar-refractivity contribution is 0.0856. The highest BCUT2D eigenvalue weighted by Crippen LogP contribution is 2.46. The van der Waals surface area contributed by atoms with E-state index in [4.69, 9.17) is 14.2 Å². The predicted octanol–water partition coefficient (Wildman–Crippen LogP) is 4.19. The number of hydrogen-bond donors (Lipinski definition) is 0. The van der Waals surface area contributed by atoms with Gasteiger partial charge in [-0.1, -0.05) is 12.1 Å². The molecule has 2 bridgehead atoms. The molecule has 0 amide bonds. The summed E-state index contributed by atoms with van der Waals surface area (Å²) in [5, 5.41) is 0. The number of halogens is 4. The van der Waals surface area contributed by atoms with Crippen molar-refractivity contribution in [2.75, 3.05) is 18.1 Å². The number of rotatable bonds is 6. The number of ether oxygens (including phenoxy) is 3. The van der Waals surface area contributed by atoms with Crippen molar-refractivity contribution in [2.24, 2.45) is 0 Å². The van der Waals surface area contributed by atoms with Crippen molar-refractivity contribution in [3.63, 3.8) is 0 Å². The molecule has 0 aliphatic carbocycles. The summed E-state index contributed by atoms with van der Waals surface area (Å²) in [6, 6.07) is 8.51. The number of anilines is 1. The summed E-state index contributed by atoms with van der Waals surface area (Å²) in [6.45, 7) is 1.49. The smallest absolute Gasteiger partial charge is 0.352 e. The lowest BCUT2D eigenvalue weighted by Gasteiger charge is -2.32. The van der Waals surface area contributed by atoms with E-state index in [0.717, 1.165) is 24.6 Å². The van der Waals surface area contributed by atoms with Crippen molar-refractivity contribution < 1.29 is 31.8 Å². The number of hydrogen-bond acceptors (Lipinski definition) is 6. The molecule has 11 heteroatoms. The molecule has 1 spiro atoms. The molecule has 4 heterocycles. The van der Waals surface area contributed by atoms with Crippen molar-refractivity contribution in [1.82, 2.24) is 9.55 Å². The van der Waals surface area contributed by atoms with E-state index in [1.165, 1.54) is 18.2 Å². The van der Waals surface area contributed by atoms with E-state index in [1.54, 1.807) is 10.6 Å². The lowest BCUT2D eigenvalue weighted by Crippen LogP contribution is -2.46. The van der Waals surface area contributed by atoms with Crippen LogP contribution in [0.3, 0.4) is 0 Å². The van der Waals surface area contributed by atoms with Crippen LogP contribution in [-0.4, -0.2) is 34.3 Å². The standard InChI is InChI=1S/C24H19F4N3O4/c25-17-4-13(5-18(26)21(17)35-15-3-1-2-14(6-15)22(27)28)10-33-19-7-20-30(23(32)29-19)11-24-8-16(34-12-24)9-31(20)24/h1-7,16,22H,8-12H2/t16-,24+/m0/s1. The minimum atomic E-state index is -2.74. The zero-order valence-corrected chi connectivity index (χ0v) is 18.2. The third-order valence-electron chi connectivity index (χ3n) is 6.62. The molecular formula is C24H19F4N3O4. The summed E-state index contributed by atoms with van der Waals surface area (Å²) in [5.74, 6) is -2.15. The average Bonchev–Trinajstić information content (AvgIpc) is 3.49. The van der Waals surface area contributed by atoms with E-state index in [9.17, 15) is 22.4 Å². The second kappa shape index (κ2) is 7.98. The second-order valence-corrected chi connectivity index (χ2v) is 8.95. The Morgan fingerprint density at radius 3 is 2.71 bits per heavy atom. The molecule has 0 N–H and O–H groups in total. The summed E-state index contributed by atoms with van der Waals surface area (Å²) < 4.78 is 73.0. The van der Waals surface area contributed by atoms with Crippen LogP contribution in [0.15, 0.2) is 47.3 Å². The summed E-state index contributed by atoms with van der Waals surface area (Å²) in [5.41, 5.74) is -0.877. The van der Waals surface area contributed by atoms with Gasteiger partial charge in [-0.25, -0.2) is 22.4 Å². The summed E-state index contributed by atoms with van der Waals surface area (Å²) in [4.78, 5) is 18.7. The van der Waals surface area contributed by atoms with Gasteiger partial charge in [0.25, 0.3) is 6.43 Å². The van der Waals surface area contributed by atoms with Crippen LogP contribution < -0.4 is 20.1 Å². The van der Waals surface area contributed by atoms with Crippen molar-refractivity contribution >= 4 is 5.82 Å². The van der Waals surface area contributed by atoms with Crippen molar-refractivity contribution in [3.8, 4) is 17.4 Å². The topological polar surface area (TPSA) is 65.8 Å². The van der Waals surface area contributed by atoms with E-state index in [2.05, 4.69) is 9.88 Å². The maximum atomic E-state index is 14.6. The van der Waals surface area contributed by atoms with Crippen LogP contribution in [0.2, 0.25) is 0 Å². The molecule has 0 saturated carbocycles. The highest BCUT2D eigenvalue weighted by molar-refractivity contribution is 5.52. The largest absolute Gasteiger partial charge is 0.473 e. The monoisotopic (exact) mass is 489 g/mol. The van der Waals surface area contributed by atoms with Gasteiger partial charge in [0.05, 0.1) is 24.8 Å². The van der Waals surface area contributed by atoms with Crippen molar-refractivity contribution in [3.05, 3.63) is 75.7 Å². The molecule has 3 aliphatic rings. The molecule has 2 fully saturated rings. The molecule has 3 aliphatic heterocycles. The van der Waals surface area contributed by atoms with Gasteiger partial charge < -0.3 is 19.1 Å². The van der Waals surface area contributed by atoms with Gasteiger partial charge in [-0.05, 0) is 29.8 Å². The number of fused-ring (bicyclic) bond motifs is 3. The number of benzene rings is 2. The van der Waals surface area contributed by atoms with E-state index >= 15 is 0 Å². The van der Waals surface area contributed by atoms with Gasteiger partial charge in [-0.2, -0.15) is 4.98 Å². The van der Waals surface area contributed by atoms with Gasteiger partial charge in [0.1, 0.15) is 18.2 Å². The van der Waals surface area contributed by atoms with E-state index in [0.29, 0.717) is 25.5 Å². The number of nitrogens with zero attached hydrogens (tertiary/aromatic N) is 3. The van der Waals surface area contributed by atoms with Gasteiger partial charge in [0, 0.05) is 24.6 Å². The fraction of sp³-hybridized carbons (Fsp3) is 0.333. The highest BCUT2D eigenvalue weighted by Gasteiger charge is 2.56. The SMILES string of the molecule is O=c1nc(OCc2cc(F)c(Oc3cccc(C(F)F)c3)c(F)c2)cc2n1C[C@]13CO[C@H](CN21)C3.